The second-order valence-corrected chi connectivity index (χ2v) is 8.27. The molecule has 2 unspecified atom stereocenters. The van der Waals surface area contributed by atoms with Crippen molar-refractivity contribution in [3.63, 3.8) is 0 Å². The van der Waals surface area contributed by atoms with E-state index in [2.05, 4.69) is 62.8 Å². The summed E-state index contributed by atoms with van der Waals surface area (Å²) in [6.07, 6.45) is 2.28. The number of benzene rings is 1. The van der Waals surface area contributed by atoms with Crippen LogP contribution in [0.25, 0.3) is 0 Å². The molecular formula is C22H31N5OS. The second-order valence-electron chi connectivity index (χ2n) is 7.42. The summed E-state index contributed by atoms with van der Waals surface area (Å²) in [4.78, 5) is 23.8. The Kier molecular flexibility index (Phi) is 7.63. The molecule has 1 aromatic carbocycles. The molecule has 2 heterocycles. The first-order valence-electron chi connectivity index (χ1n) is 10.3. The van der Waals surface area contributed by atoms with E-state index >= 15 is 0 Å². The minimum atomic E-state index is -0.0588. The van der Waals surface area contributed by atoms with Crippen LogP contribution in [0.3, 0.4) is 0 Å². The number of aliphatic imine (C=N–C) groups is 1. The standard InChI is InChI=1S/C22H31N5OS/c1-4-17-14-27(13-10-19(17)18-8-6-5-7-9-18)22(23-3)25-12-11-24-21(28)20-16(2)26-15-29-20/h5-9,15,17,19H,4,10-14H2,1-3H3,(H,23,25)(H,24,28). The number of likely N-dealkylation sites (tertiary alicyclic amines) is 1. The Morgan fingerprint density at radius 3 is 2.69 bits per heavy atom. The van der Waals surface area contributed by atoms with Crippen molar-refractivity contribution in [2.24, 2.45) is 10.9 Å². The molecule has 3 rings (SSSR count). The lowest BCUT2D eigenvalue weighted by atomic mass is 9.79. The Morgan fingerprint density at radius 2 is 2.03 bits per heavy atom. The number of nitrogens with zero attached hydrogens (tertiary/aromatic N) is 3. The molecule has 0 bridgehead atoms. The Labute approximate surface area is 177 Å². The molecule has 0 radical (unpaired) electrons. The highest BCUT2D eigenvalue weighted by atomic mass is 32.1. The molecule has 2 atom stereocenters. The first kappa shape index (κ1) is 21.3. The molecule has 29 heavy (non-hydrogen) atoms. The Bertz CT molecular complexity index is 820. The summed E-state index contributed by atoms with van der Waals surface area (Å²) >= 11 is 1.37. The van der Waals surface area contributed by atoms with Crippen LogP contribution in [-0.4, -0.2) is 55.0 Å². The van der Waals surface area contributed by atoms with Crippen molar-refractivity contribution < 1.29 is 4.79 Å². The molecule has 1 aliphatic rings. The van der Waals surface area contributed by atoms with Gasteiger partial charge in [0.15, 0.2) is 5.96 Å². The molecule has 0 aliphatic carbocycles. The van der Waals surface area contributed by atoms with Crippen molar-refractivity contribution in [1.29, 1.82) is 0 Å². The first-order chi connectivity index (χ1) is 14.1. The fraction of sp³-hybridized carbons (Fsp3) is 0.500. The Morgan fingerprint density at radius 1 is 1.28 bits per heavy atom. The van der Waals surface area contributed by atoms with Gasteiger partial charge in [-0.05, 0) is 30.7 Å². The van der Waals surface area contributed by atoms with E-state index in [0.717, 1.165) is 37.6 Å². The number of carbonyl (C=O) groups excluding carboxylic acids is 1. The molecule has 0 spiro atoms. The minimum Gasteiger partial charge on any atom is -0.354 e. The maximum absolute atomic E-state index is 12.2. The Balaban J connectivity index is 1.49. The molecule has 1 aromatic heterocycles. The second kappa shape index (κ2) is 10.4. The monoisotopic (exact) mass is 413 g/mol. The van der Waals surface area contributed by atoms with Crippen molar-refractivity contribution in [3.8, 4) is 0 Å². The van der Waals surface area contributed by atoms with Gasteiger partial charge in [0.2, 0.25) is 0 Å². The lowest BCUT2D eigenvalue weighted by molar-refractivity contribution is 0.0957. The van der Waals surface area contributed by atoms with Crippen LogP contribution in [-0.2, 0) is 0 Å². The third-order valence-electron chi connectivity index (χ3n) is 5.64. The SMILES string of the molecule is CCC1CN(C(=NC)NCCNC(=O)c2scnc2C)CCC1c1ccccc1. The molecule has 6 nitrogen and oxygen atoms in total. The predicted molar refractivity (Wildman–Crippen MR) is 120 cm³/mol. The molecule has 156 valence electrons. The van der Waals surface area contributed by atoms with Gasteiger partial charge in [-0.15, -0.1) is 11.3 Å². The smallest absolute Gasteiger partial charge is 0.263 e. The highest BCUT2D eigenvalue weighted by Gasteiger charge is 2.30. The van der Waals surface area contributed by atoms with Gasteiger partial charge in [0.1, 0.15) is 4.88 Å². The van der Waals surface area contributed by atoms with Crippen molar-refractivity contribution in [2.75, 3.05) is 33.2 Å². The average molecular weight is 414 g/mol. The van der Waals surface area contributed by atoms with E-state index in [1.165, 1.54) is 16.9 Å². The van der Waals surface area contributed by atoms with E-state index in [1.54, 1.807) is 5.51 Å². The molecular weight excluding hydrogens is 382 g/mol. The van der Waals surface area contributed by atoms with Crippen LogP contribution in [0.5, 0.6) is 0 Å². The molecule has 2 N–H and O–H groups in total. The number of hydrogen-bond acceptors (Lipinski definition) is 4. The fourth-order valence-corrected chi connectivity index (χ4v) is 4.78. The topological polar surface area (TPSA) is 69.6 Å². The van der Waals surface area contributed by atoms with Crippen LogP contribution < -0.4 is 10.6 Å². The van der Waals surface area contributed by atoms with Gasteiger partial charge >= 0.3 is 0 Å². The number of thiazole rings is 1. The van der Waals surface area contributed by atoms with Crippen LogP contribution in [0.15, 0.2) is 40.8 Å². The van der Waals surface area contributed by atoms with Crippen LogP contribution in [0.2, 0.25) is 0 Å². The highest BCUT2D eigenvalue weighted by molar-refractivity contribution is 7.11. The van der Waals surface area contributed by atoms with Crippen LogP contribution in [0.1, 0.15) is 46.6 Å². The van der Waals surface area contributed by atoms with Crippen LogP contribution in [0, 0.1) is 12.8 Å². The predicted octanol–water partition coefficient (Wildman–Crippen LogP) is 3.27. The summed E-state index contributed by atoms with van der Waals surface area (Å²) in [6.45, 7) is 7.31. The first-order valence-corrected chi connectivity index (χ1v) is 11.2. The van der Waals surface area contributed by atoms with Gasteiger partial charge in [0, 0.05) is 33.2 Å². The van der Waals surface area contributed by atoms with Gasteiger partial charge in [-0.1, -0.05) is 43.7 Å². The van der Waals surface area contributed by atoms with Crippen LogP contribution >= 0.6 is 11.3 Å². The maximum Gasteiger partial charge on any atom is 0.263 e. The van der Waals surface area contributed by atoms with E-state index in [1.807, 2.05) is 14.0 Å². The van der Waals surface area contributed by atoms with Gasteiger partial charge in [0.25, 0.3) is 5.91 Å². The Hall–Kier alpha value is -2.41. The summed E-state index contributed by atoms with van der Waals surface area (Å²) in [7, 11) is 1.83. The molecule has 1 fully saturated rings. The van der Waals surface area contributed by atoms with Gasteiger partial charge in [-0.3, -0.25) is 9.79 Å². The van der Waals surface area contributed by atoms with Crippen molar-refractivity contribution in [2.45, 2.75) is 32.6 Å². The van der Waals surface area contributed by atoms with Crippen molar-refractivity contribution in [3.05, 3.63) is 52.0 Å². The minimum absolute atomic E-state index is 0.0588. The number of amides is 1. The number of carbonyl (C=O) groups is 1. The molecule has 1 saturated heterocycles. The lowest BCUT2D eigenvalue weighted by Gasteiger charge is -2.40. The molecule has 0 saturated carbocycles. The van der Waals surface area contributed by atoms with E-state index in [9.17, 15) is 4.79 Å². The van der Waals surface area contributed by atoms with E-state index < -0.39 is 0 Å². The third-order valence-corrected chi connectivity index (χ3v) is 6.57. The maximum atomic E-state index is 12.2. The summed E-state index contributed by atoms with van der Waals surface area (Å²) in [5, 5.41) is 6.35. The summed E-state index contributed by atoms with van der Waals surface area (Å²) < 4.78 is 0. The number of aromatic nitrogens is 1. The largest absolute Gasteiger partial charge is 0.354 e. The third kappa shape index (κ3) is 5.35. The van der Waals surface area contributed by atoms with Crippen molar-refractivity contribution >= 4 is 23.2 Å². The lowest BCUT2D eigenvalue weighted by Crippen LogP contribution is -2.49. The van der Waals surface area contributed by atoms with E-state index in [-0.39, 0.29) is 5.91 Å². The molecule has 7 heteroatoms. The zero-order valence-electron chi connectivity index (χ0n) is 17.5. The van der Waals surface area contributed by atoms with Gasteiger partial charge in [-0.25, -0.2) is 4.98 Å². The van der Waals surface area contributed by atoms with Crippen molar-refractivity contribution in [1.82, 2.24) is 20.5 Å². The summed E-state index contributed by atoms with van der Waals surface area (Å²) in [5.41, 5.74) is 3.93. The van der Waals surface area contributed by atoms with E-state index in [4.69, 9.17) is 0 Å². The summed E-state index contributed by atoms with van der Waals surface area (Å²) in [5.74, 6) is 2.07. The normalized spacial score (nSPS) is 19.8. The van der Waals surface area contributed by atoms with Gasteiger partial charge < -0.3 is 15.5 Å². The number of aryl methyl sites for hydroxylation is 1. The summed E-state index contributed by atoms with van der Waals surface area (Å²) in [6, 6.07) is 10.9. The highest BCUT2D eigenvalue weighted by Crippen LogP contribution is 2.34. The van der Waals surface area contributed by atoms with Gasteiger partial charge in [-0.2, -0.15) is 0 Å². The van der Waals surface area contributed by atoms with Crippen LogP contribution in [0.4, 0.5) is 0 Å². The fourth-order valence-electron chi connectivity index (χ4n) is 4.06. The zero-order chi connectivity index (χ0) is 20.6. The molecule has 1 aliphatic heterocycles. The number of rotatable bonds is 6. The zero-order valence-corrected chi connectivity index (χ0v) is 18.3. The number of piperidine rings is 1. The average Bonchev–Trinajstić information content (AvgIpc) is 3.20. The number of hydrogen-bond donors (Lipinski definition) is 2. The number of nitrogens with one attached hydrogen (secondary N) is 2. The number of guanidine groups is 1. The van der Waals surface area contributed by atoms with Gasteiger partial charge in [0.05, 0.1) is 11.2 Å². The quantitative estimate of drug-likeness (QED) is 0.433. The molecule has 1 amide bonds. The van der Waals surface area contributed by atoms with E-state index in [0.29, 0.717) is 29.8 Å². The molecule has 2 aromatic rings.